The molecule has 0 aliphatic carbocycles. The summed E-state index contributed by atoms with van der Waals surface area (Å²) in [4.78, 5) is 12.2. The minimum absolute atomic E-state index is 0.0450. The lowest BCUT2D eigenvalue weighted by Crippen LogP contribution is -2.63. The van der Waals surface area contributed by atoms with Gasteiger partial charge < -0.3 is 14.2 Å². The highest BCUT2D eigenvalue weighted by Crippen LogP contribution is 2.38. The van der Waals surface area contributed by atoms with Gasteiger partial charge in [-0.1, -0.05) is 30.3 Å². The van der Waals surface area contributed by atoms with Crippen LogP contribution in [-0.2, 0) is 24.1 Å². The number of rotatable bonds is 5. The Balaban J connectivity index is 2.07. The van der Waals surface area contributed by atoms with Crippen molar-refractivity contribution >= 4 is 15.7 Å². The van der Waals surface area contributed by atoms with Crippen LogP contribution < -0.4 is 10.2 Å². The molecule has 150 valence electrons. The largest absolute Gasteiger partial charge is 0.456 e. The van der Waals surface area contributed by atoms with Gasteiger partial charge in [-0.25, -0.2) is 13.9 Å². The lowest BCUT2D eigenvalue weighted by atomic mass is 10.1. The summed E-state index contributed by atoms with van der Waals surface area (Å²) in [5.41, 5.74) is 1.43. The standard InChI is InChI=1S/C19H21NO7S/c1-18(2)25-12-19(13-26-18,17(21)20-22)28(23,24)16-11-7-6-10-15(16)27-14-8-4-3-5-9-14/h3-11,22H,12-13H2,1-2H3,(H,20,21). The van der Waals surface area contributed by atoms with Crippen LogP contribution in [0.3, 0.4) is 0 Å². The molecule has 9 heteroatoms. The zero-order valence-electron chi connectivity index (χ0n) is 15.4. The van der Waals surface area contributed by atoms with E-state index in [0.29, 0.717) is 5.75 Å². The van der Waals surface area contributed by atoms with Gasteiger partial charge >= 0.3 is 0 Å². The average Bonchev–Trinajstić information content (AvgIpc) is 2.68. The highest BCUT2D eigenvalue weighted by Gasteiger charge is 2.57. The second kappa shape index (κ2) is 7.51. The lowest BCUT2D eigenvalue weighted by Gasteiger charge is -2.41. The van der Waals surface area contributed by atoms with Crippen LogP contribution in [0.25, 0.3) is 0 Å². The molecule has 2 aromatic rings. The SMILES string of the molecule is CC1(C)OCC(C(=O)NO)(S(=O)(=O)c2ccccc2Oc2ccccc2)CO1. The van der Waals surface area contributed by atoms with E-state index in [2.05, 4.69) is 0 Å². The minimum atomic E-state index is -4.38. The van der Waals surface area contributed by atoms with Gasteiger partial charge in [0.25, 0.3) is 5.91 Å². The van der Waals surface area contributed by atoms with Crippen molar-refractivity contribution in [3.8, 4) is 11.5 Å². The lowest BCUT2D eigenvalue weighted by molar-refractivity contribution is -0.254. The van der Waals surface area contributed by atoms with E-state index in [-0.39, 0.29) is 10.6 Å². The van der Waals surface area contributed by atoms with Crippen LogP contribution in [0.1, 0.15) is 13.8 Å². The van der Waals surface area contributed by atoms with Gasteiger partial charge in [0.2, 0.25) is 14.6 Å². The van der Waals surface area contributed by atoms with E-state index in [9.17, 15) is 18.4 Å². The predicted molar refractivity (Wildman–Crippen MR) is 98.8 cm³/mol. The summed E-state index contributed by atoms with van der Waals surface area (Å²) < 4.78 is 41.5. The number of sulfone groups is 1. The number of nitrogens with one attached hydrogen (secondary N) is 1. The molecule has 1 aliphatic rings. The fourth-order valence-electron chi connectivity index (χ4n) is 2.76. The molecule has 0 saturated carbocycles. The Kier molecular flexibility index (Phi) is 5.44. The molecule has 1 saturated heterocycles. The Morgan fingerprint density at radius 1 is 1.04 bits per heavy atom. The summed E-state index contributed by atoms with van der Waals surface area (Å²) in [7, 11) is -4.38. The fourth-order valence-corrected chi connectivity index (χ4v) is 4.53. The predicted octanol–water partition coefficient (Wildman–Crippen LogP) is 2.28. The van der Waals surface area contributed by atoms with E-state index in [4.69, 9.17) is 14.2 Å². The Bertz CT molecular complexity index is 947. The molecule has 0 aromatic heterocycles. The molecule has 0 spiro atoms. The molecule has 3 rings (SSSR count). The minimum Gasteiger partial charge on any atom is -0.456 e. The topological polar surface area (TPSA) is 111 Å². The van der Waals surface area contributed by atoms with Crippen molar-refractivity contribution in [2.24, 2.45) is 0 Å². The normalized spacial score (nSPS) is 18.2. The number of hydrogen-bond donors (Lipinski definition) is 2. The molecule has 0 bridgehead atoms. The molecule has 0 unspecified atom stereocenters. The summed E-state index contributed by atoms with van der Waals surface area (Å²) in [6.07, 6.45) is 0. The third-order valence-electron chi connectivity index (χ3n) is 4.45. The van der Waals surface area contributed by atoms with Crippen molar-refractivity contribution in [1.29, 1.82) is 0 Å². The quantitative estimate of drug-likeness (QED) is 0.578. The first kappa shape index (κ1) is 20.3. The number of para-hydroxylation sites is 2. The molecule has 1 fully saturated rings. The first-order valence-electron chi connectivity index (χ1n) is 8.51. The van der Waals surface area contributed by atoms with Gasteiger partial charge in [-0.15, -0.1) is 0 Å². The van der Waals surface area contributed by atoms with Crippen LogP contribution in [0.2, 0.25) is 0 Å². The summed E-state index contributed by atoms with van der Waals surface area (Å²) in [6, 6.07) is 14.6. The maximum atomic E-state index is 13.5. The molecule has 0 atom stereocenters. The zero-order valence-corrected chi connectivity index (χ0v) is 16.2. The fraction of sp³-hybridized carbons (Fsp3) is 0.316. The van der Waals surface area contributed by atoms with E-state index >= 15 is 0 Å². The van der Waals surface area contributed by atoms with E-state index in [1.165, 1.54) is 23.7 Å². The zero-order chi connectivity index (χ0) is 20.4. The second-order valence-electron chi connectivity index (χ2n) is 6.78. The summed E-state index contributed by atoms with van der Waals surface area (Å²) in [6.45, 7) is 2.22. The van der Waals surface area contributed by atoms with Crippen LogP contribution in [0.4, 0.5) is 0 Å². The maximum Gasteiger partial charge on any atom is 0.270 e. The maximum absolute atomic E-state index is 13.5. The highest BCUT2D eigenvalue weighted by molar-refractivity contribution is 7.93. The molecule has 2 aromatic carbocycles. The number of hydrogen-bond acceptors (Lipinski definition) is 7. The Labute approximate surface area is 162 Å². The van der Waals surface area contributed by atoms with Crippen LogP contribution >= 0.6 is 0 Å². The number of carbonyl (C=O) groups excluding carboxylic acids is 1. The Morgan fingerprint density at radius 2 is 1.61 bits per heavy atom. The van der Waals surface area contributed by atoms with Gasteiger partial charge in [0.1, 0.15) is 16.4 Å². The Morgan fingerprint density at radius 3 is 2.21 bits per heavy atom. The molecule has 1 heterocycles. The third kappa shape index (κ3) is 3.61. The monoisotopic (exact) mass is 407 g/mol. The molecule has 28 heavy (non-hydrogen) atoms. The smallest absolute Gasteiger partial charge is 0.270 e. The second-order valence-corrected chi connectivity index (χ2v) is 9.01. The molecular weight excluding hydrogens is 386 g/mol. The van der Waals surface area contributed by atoms with E-state index in [0.717, 1.165) is 0 Å². The molecule has 2 N–H and O–H groups in total. The summed E-state index contributed by atoms with van der Waals surface area (Å²) in [5.74, 6) is -1.72. The summed E-state index contributed by atoms with van der Waals surface area (Å²) in [5, 5.41) is 9.19. The first-order valence-corrected chi connectivity index (χ1v) is 9.99. The van der Waals surface area contributed by atoms with Gasteiger partial charge in [0.15, 0.2) is 5.79 Å². The van der Waals surface area contributed by atoms with E-state index in [1.54, 1.807) is 50.2 Å². The van der Waals surface area contributed by atoms with Crippen molar-refractivity contribution in [3.05, 3.63) is 54.6 Å². The van der Waals surface area contributed by atoms with Crippen LogP contribution in [0.15, 0.2) is 59.5 Å². The van der Waals surface area contributed by atoms with E-state index in [1.807, 2.05) is 0 Å². The van der Waals surface area contributed by atoms with Gasteiger partial charge in [0, 0.05) is 0 Å². The number of amides is 1. The van der Waals surface area contributed by atoms with Crippen molar-refractivity contribution in [2.45, 2.75) is 29.3 Å². The van der Waals surface area contributed by atoms with Gasteiger partial charge in [0.05, 0.1) is 13.2 Å². The summed E-state index contributed by atoms with van der Waals surface area (Å²) >= 11 is 0. The van der Waals surface area contributed by atoms with Crippen LogP contribution in [0.5, 0.6) is 11.5 Å². The van der Waals surface area contributed by atoms with Crippen molar-refractivity contribution < 1.29 is 32.6 Å². The van der Waals surface area contributed by atoms with Crippen molar-refractivity contribution in [1.82, 2.24) is 5.48 Å². The highest BCUT2D eigenvalue weighted by atomic mass is 32.2. The van der Waals surface area contributed by atoms with Crippen LogP contribution in [-0.4, -0.2) is 43.3 Å². The van der Waals surface area contributed by atoms with Gasteiger partial charge in [-0.05, 0) is 38.1 Å². The first-order chi connectivity index (χ1) is 13.2. The third-order valence-corrected chi connectivity index (χ3v) is 6.81. The number of carbonyl (C=O) groups is 1. The van der Waals surface area contributed by atoms with Gasteiger partial charge in [-0.2, -0.15) is 0 Å². The number of benzene rings is 2. The molecular formula is C19H21NO7S. The van der Waals surface area contributed by atoms with E-state index < -0.39 is 39.5 Å². The molecule has 1 aliphatic heterocycles. The van der Waals surface area contributed by atoms with Gasteiger partial charge in [-0.3, -0.25) is 10.0 Å². The molecule has 1 amide bonds. The van der Waals surface area contributed by atoms with Crippen molar-refractivity contribution in [2.75, 3.05) is 13.2 Å². The van der Waals surface area contributed by atoms with Crippen LogP contribution in [0, 0.1) is 0 Å². The number of hydroxylamine groups is 1. The number of ether oxygens (including phenoxy) is 3. The average molecular weight is 407 g/mol. The molecule has 0 radical (unpaired) electrons. The van der Waals surface area contributed by atoms with Crippen molar-refractivity contribution in [3.63, 3.8) is 0 Å². The molecule has 8 nitrogen and oxygen atoms in total. The Hall–Kier alpha value is -2.46.